The Morgan fingerprint density at radius 2 is 2.04 bits per heavy atom. The summed E-state index contributed by atoms with van der Waals surface area (Å²) in [6.07, 6.45) is 3.28. The Kier molecular flexibility index (Phi) is 4.65. The molecule has 1 aliphatic rings. The largest absolute Gasteiger partial charge is 0.480 e. The highest BCUT2D eigenvalue weighted by Gasteiger charge is 2.26. The van der Waals surface area contributed by atoms with Gasteiger partial charge in [-0.3, -0.25) is 9.78 Å². The third kappa shape index (κ3) is 3.74. The molecule has 7 nitrogen and oxygen atoms in total. The summed E-state index contributed by atoms with van der Waals surface area (Å²) in [6, 6.07) is 8.74. The van der Waals surface area contributed by atoms with E-state index in [2.05, 4.69) is 15.2 Å². The van der Waals surface area contributed by atoms with Crippen LogP contribution in [0.5, 0.6) is 11.8 Å². The molecule has 2 aromatic heterocycles. The molecule has 23 heavy (non-hydrogen) atoms. The van der Waals surface area contributed by atoms with Gasteiger partial charge in [0.2, 0.25) is 11.8 Å². The number of hydrogen-bond acceptors (Lipinski definition) is 6. The van der Waals surface area contributed by atoms with Gasteiger partial charge in [-0.25, -0.2) is 0 Å². The van der Waals surface area contributed by atoms with Crippen molar-refractivity contribution in [2.24, 2.45) is 0 Å². The van der Waals surface area contributed by atoms with Gasteiger partial charge in [-0.05, 0) is 25.0 Å². The summed E-state index contributed by atoms with van der Waals surface area (Å²) in [5.41, 5.74) is 0.456. The Morgan fingerprint density at radius 1 is 1.22 bits per heavy atom. The Hall–Kier alpha value is -2.70. The summed E-state index contributed by atoms with van der Waals surface area (Å²) in [4.78, 5) is 18.3. The lowest BCUT2D eigenvalue weighted by atomic mass is 10.1. The third-order valence-corrected chi connectivity index (χ3v) is 3.66. The van der Waals surface area contributed by atoms with Crippen LogP contribution in [0.25, 0.3) is 0 Å². The van der Waals surface area contributed by atoms with E-state index in [4.69, 9.17) is 9.47 Å². The maximum atomic E-state index is 12.4. The van der Waals surface area contributed by atoms with E-state index >= 15 is 0 Å². The number of carbonyl (C=O) groups is 1. The average molecular weight is 314 g/mol. The molecule has 1 aliphatic heterocycles. The van der Waals surface area contributed by atoms with Crippen molar-refractivity contribution in [2.45, 2.75) is 18.9 Å². The second kappa shape index (κ2) is 7.04. The summed E-state index contributed by atoms with van der Waals surface area (Å²) in [6.45, 7) is 1.23. The smallest absolute Gasteiger partial charge is 0.272 e. The fourth-order valence-corrected chi connectivity index (χ4v) is 2.52. The number of methoxy groups -OCH3 is 1. The highest BCUT2D eigenvalue weighted by Crippen LogP contribution is 2.18. The Morgan fingerprint density at radius 3 is 2.74 bits per heavy atom. The second-order valence-electron chi connectivity index (χ2n) is 5.26. The van der Waals surface area contributed by atoms with E-state index in [0.29, 0.717) is 30.5 Å². The van der Waals surface area contributed by atoms with Gasteiger partial charge in [0.1, 0.15) is 11.8 Å². The Bertz CT molecular complexity index is 648. The molecule has 0 radical (unpaired) electrons. The standard InChI is InChI=1S/C16H18N4O3/c1-22-14-7-8-15(19-18-14)23-12-5-4-10-20(11-12)16(21)13-6-2-3-9-17-13/h2-3,6-9,12H,4-5,10-11H2,1H3. The zero-order chi connectivity index (χ0) is 16.1. The lowest BCUT2D eigenvalue weighted by Gasteiger charge is -2.32. The highest BCUT2D eigenvalue weighted by atomic mass is 16.5. The predicted octanol–water partition coefficient (Wildman–Crippen LogP) is 1.56. The average Bonchev–Trinajstić information content (AvgIpc) is 2.63. The van der Waals surface area contributed by atoms with Crippen LogP contribution < -0.4 is 9.47 Å². The molecule has 0 aliphatic carbocycles. The van der Waals surface area contributed by atoms with Gasteiger partial charge in [0, 0.05) is 24.9 Å². The number of amides is 1. The molecule has 0 bridgehead atoms. The van der Waals surface area contributed by atoms with Crippen molar-refractivity contribution in [3.8, 4) is 11.8 Å². The quantitative estimate of drug-likeness (QED) is 0.852. The second-order valence-corrected chi connectivity index (χ2v) is 5.26. The summed E-state index contributed by atoms with van der Waals surface area (Å²) >= 11 is 0. The zero-order valence-corrected chi connectivity index (χ0v) is 12.9. The predicted molar refractivity (Wildman–Crippen MR) is 82.4 cm³/mol. The number of hydrogen-bond donors (Lipinski definition) is 0. The first-order chi connectivity index (χ1) is 11.3. The number of ether oxygens (including phenoxy) is 2. The third-order valence-electron chi connectivity index (χ3n) is 3.66. The van der Waals surface area contributed by atoms with Crippen molar-refractivity contribution in [2.75, 3.05) is 20.2 Å². The van der Waals surface area contributed by atoms with Gasteiger partial charge in [0.25, 0.3) is 5.91 Å². The van der Waals surface area contributed by atoms with Crippen molar-refractivity contribution < 1.29 is 14.3 Å². The first-order valence-electron chi connectivity index (χ1n) is 7.51. The molecule has 120 valence electrons. The Balaban J connectivity index is 1.62. The number of aromatic nitrogens is 3. The molecule has 3 rings (SSSR count). The minimum atomic E-state index is -0.0980. The van der Waals surface area contributed by atoms with Crippen LogP contribution in [-0.2, 0) is 0 Å². The van der Waals surface area contributed by atoms with Crippen LogP contribution in [0.3, 0.4) is 0 Å². The van der Waals surface area contributed by atoms with Crippen LogP contribution in [0, 0.1) is 0 Å². The molecule has 1 saturated heterocycles. The molecule has 1 unspecified atom stereocenters. The monoisotopic (exact) mass is 314 g/mol. The summed E-state index contributed by atoms with van der Waals surface area (Å²) in [5, 5.41) is 7.84. The first-order valence-corrected chi connectivity index (χ1v) is 7.51. The maximum Gasteiger partial charge on any atom is 0.272 e. The van der Waals surface area contributed by atoms with Crippen molar-refractivity contribution in [3.63, 3.8) is 0 Å². The Labute approximate surface area is 134 Å². The van der Waals surface area contributed by atoms with E-state index in [1.807, 2.05) is 6.07 Å². The number of rotatable bonds is 4. The summed E-state index contributed by atoms with van der Waals surface area (Å²) in [7, 11) is 1.53. The van der Waals surface area contributed by atoms with E-state index in [9.17, 15) is 4.79 Å². The summed E-state index contributed by atoms with van der Waals surface area (Å²) < 4.78 is 10.8. The van der Waals surface area contributed by atoms with Crippen molar-refractivity contribution in [1.82, 2.24) is 20.1 Å². The van der Waals surface area contributed by atoms with Gasteiger partial charge < -0.3 is 14.4 Å². The minimum absolute atomic E-state index is 0.0697. The molecule has 0 aromatic carbocycles. The number of likely N-dealkylation sites (tertiary alicyclic amines) is 1. The molecule has 1 fully saturated rings. The van der Waals surface area contributed by atoms with Crippen molar-refractivity contribution in [1.29, 1.82) is 0 Å². The fraction of sp³-hybridized carbons (Fsp3) is 0.375. The zero-order valence-electron chi connectivity index (χ0n) is 12.9. The van der Waals surface area contributed by atoms with E-state index in [0.717, 1.165) is 12.8 Å². The molecule has 3 heterocycles. The highest BCUT2D eigenvalue weighted by molar-refractivity contribution is 5.92. The number of pyridine rings is 1. The first kappa shape index (κ1) is 15.2. The van der Waals surface area contributed by atoms with Crippen LogP contribution in [-0.4, -0.2) is 52.3 Å². The number of piperidine rings is 1. The van der Waals surface area contributed by atoms with Gasteiger partial charge in [-0.1, -0.05) is 6.07 Å². The SMILES string of the molecule is COc1ccc(OC2CCCN(C(=O)c3ccccn3)C2)nn1. The molecule has 7 heteroatoms. The van der Waals surface area contributed by atoms with Gasteiger partial charge in [0.05, 0.1) is 13.7 Å². The van der Waals surface area contributed by atoms with Crippen LogP contribution in [0.15, 0.2) is 36.5 Å². The molecule has 0 N–H and O–H groups in total. The van der Waals surface area contributed by atoms with Gasteiger partial charge in [0.15, 0.2) is 0 Å². The van der Waals surface area contributed by atoms with E-state index < -0.39 is 0 Å². The molecular formula is C16H18N4O3. The molecule has 0 saturated carbocycles. The van der Waals surface area contributed by atoms with Crippen LogP contribution in [0.1, 0.15) is 23.3 Å². The van der Waals surface area contributed by atoms with E-state index in [1.54, 1.807) is 35.4 Å². The van der Waals surface area contributed by atoms with Crippen molar-refractivity contribution in [3.05, 3.63) is 42.2 Å². The molecular weight excluding hydrogens is 296 g/mol. The minimum Gasteiger partial charge on any atom is -0.480 e. The molecule has 1 atom stereocenters. The van der Waals surface area contributed by atoms with Gasteiger partial charge in [-0.15, -0.1) is 10.2 Å². The van der Waals surface area contributed by atoms with Crippen LogP contribution in [0.2, 0.25) is 0 Å². The molecule has 2 aromatic rings. The molecule has 0 spiro atoms. The van der Waals surface area contributed by atoms with Crippen molar-refractivity contribution >= 4 is 5.91 Å². The van der Waals surface area contributed by atoms with Crippen LogP contribution >= 0.6 is 0 Å². The normalized spacial score (nSPS) is 17.6. The maximum absolute atomic E-state index is 12.4. The number of nitrogens with zero attached hydrogens (tertiary/aromatic N) is 4. The summed E-state index contributed by atoms with van der Waals surface area (Å²) in [5.74, 6) is 0.801. The lowest BCUT2D eigenvalue weighted by molar-refractivity contribution is 0.0520. The van der Waals surface area contributed by atoms with Crippen LogP contribution in [0.4, 0.5) is 0 Å². The number of carbonyl (C=O) groups excluding carboxylic acids is 1. The fourth-order valence-electron chi connectivity index (χ4n) is 2.52. The molecule has 1 amide bonds. The van der Waals surface area contributed by atoms with Gasteiger partial charge in [-0.2, -0.15) is 0 Å². The van der Waals surface area contributed by atoms with E-state index in [1.165, 1.54) is 7.11 Å². The van der Waals surface area contributed by atoms with Gasteiger partial charge >= 0.3 is 0 Å². The topological polar surface area (TPSA) is 77.4 Å². The van der Waals surface area contributed by atoms with E-state index in [-0.39, 0.29) is 12.0 Å². The lowest BCUT2D eigenvalue weighted by Crippen LogP contribution is -2.44.